The SMILES string of the molecule is C=CC(=O)N1CCN(C(=O)CNc2cc(-c3ccc(OC)cc3)c(Cl)cc2CO)CC1. The van der Waals surface area contributed by atoms with Crippen LogP contribution in [-0.4, -0.2) is 66.6 Å². The van der Waals surface area contributed by atoms with Gasteiger partial charge < -0.3 is 25.0 Å². The van der Waals surface area contributed by atoms with E-state index in [9.17, 15) is 14.7 Å². The zero-order valence-electron chi connectivity index (χ0n) is 17.4. The zero-order chi connectivity index (χ0) is 22.4. The van der Waals surface area contributed by atoms with E-state index in [0.29, 0.717) is 42.5 Å². The molecule has 0 spiro atoms. The number of aliphatic hydroxyl groups excluding tert-OH is 1. The van der Waals surface area contributed by atoms with E-state index >= 15 is 0 Å². The van der Waals surface area contributed by atoms with Gasteiger partial charge in [0.15, 0.2) is 0 Å². The summed E-state index contributed by atoms with van der Waals surface area (Å²) in [5, 5.41) is 13.4. The highest BCUT2D eigenvalue weighted by atomic mass is 35.5. The first-order valence-electron chi connectivity index (χ1n) is 9.97. The Hall–Kier alpha value is -3.03. The quantitative estimate of drug-likeness (QED) is 0.643. The summed E-state index contributed by atoms with van der Waals surface area (Å²) in [7, 11) is 1.61. The topological polar surface area (TPSA) is 82.1 Å². The Balaban J connectivity index is 1.70. The standard InChI is InChI=1S/C23H26ClN3O4/c1-3-22(29)26-8-10-27(11-9-26)23(30)14-25-21-13-19(20(24)12-17(21)15-28)16-4-6-18(31-2)7-5-16/h3-7,12-13,25,28H,1,8-11,14-15H2,2H3. The van der Waals surface area contributed by atoms with E-state index in [2.05, 4.69) is 11.9 Å². The van der Waals surface area contributed by atoms with Crippen molar-refractivity contribution in [2.24, 2.45) is 0 Å². The molecule has 0 radical (unpaired) electrons. The van der Waals surface area contributed by atoms with Gasteiger partial charge in [0.1, 0.15) is 5.75 Å². The summed E-state index contributed by atoms with van der Waals surface area (Å²) in [6, 6.07) is 11.0. The Morgan fingerprint density at radius 1 is 1.16 bits per heavy atom. The van der Waals surface area contributed by atoms with Gasteiger partial charge in [-0.05, 0) is 35.9 Å². The molecule has 0 atom stereocenters. The first-order chi connectivity index (χ1) is 15.0. The molecule has 0 aromatic heterocycles. The number of benzene rings is 2. The lowest BCUT2D eigenvalue weighted by Crippen LogP contribution is -2.51. The third kappa shape index (κ3) is 5.37. The lowest BCUT2D eigenvalue weighted by molar-refractivity contribution is -0.135. The molecule has 7 nitrogen and oxygen atoms in total. The number of piperazine rings is 1. The Kier molecular flexibility index (Phi) is 7.55. The minimum atomic E-state index is -0.207. The smallest absolute Gasteiger partial charge is 0.246 e. The summed E-state index contributed by atoms with van der Waals surface area (Å²) in [4.78, 5) is 27.7. The molecular formula is C23H26ClN3O4. The number of anilines is 1. The van der Waals surface area contributed by atoms with Gasteiger partial charge in [-0.3, -0.25) is 9.59 Å². The van der Waals surface area contributed by atoms with E-state index in [0.717, 1.165) is 16.9 Å². The van der Waals surface area contributed by atoms with Gasteiger partial charge in [0.25, 0.3) is 0 Å². The maximum Gasteiger partial charge on any atom is 0.246 e. The molecule has 1 aliphatic heterocycles. The number of aliphatic hydroxyl groups is 1. The molecule has 2 aromatic carbocycles. The van der Waals surface area contributed by atoms with Gasteiger partial charge in [0, 0.05) is 48.0 Å². The second-order valence-corrected chi connectivity index (χ2v) is 7.55. The minimum Gasteiger partial charge on any atom is -0.497 e. The molecule has 1 aliphatic rings. The molecule has 8 heteroatoms. The van der Waals surface area contributed by atoms with Gasteiger partial charge in [0.2, 0.25) is 11.8 Å². The van der Waals surface area contributed by atoms with Crippen LogP contribution in [0, 0.1) is 0 Å². The van der Waals surface area contributed by atoms with E-state index in [-0.39, 0.29) is 25.0 Å². The van der Waals surface area contributed by atoms with E-state index in [4.69, 9.17) is 16.3 Å². The number of carbonyl (C=O) groups excluding carboxylic acids is 2. The Bertz CT molecular complexity index is 954. The van der Waals surface area contributed by atoms with Gasteiger partial charge in [-0.1, -0.05) is 30.3 Å². The molecule has 0 aliphatic carbocycles. The van der Waals surface area contributed by atoms with Crippen LogP contribution in [0.15, 0.2) is 49.1 Å². The van der Waals surface area contributed by atoms with Crippen LogP contribution in [0.2, 0.25) is 5.02 Å². The van der Waals surface area contributed by atoms with Crippen molar-refractivity contribution in [2.45, 2.75) is 6.61 Å². The first-order valence-corrected chi connectivity index (χ1v) is 10.3. The maximum atomic E-state index is 12.6. The number of hydrogen-bond acceptors (Lipinski definition) is 5. The van der Waals surface area contributed by atoms with Crippen LogP contribution in [0.4, 0.5) is 5.69 Å². The Morgan fingerprint density at radius 3 is 2.39 bits per heavy atom. The highest BCUT2D eigenvalue weighted by Crippen LogP contribution is 2.34. The molecule has 0 saturated carbocycles. The highest BCUT2D eigenvalue weighted by molar-refractivity contribution is 6.33. The van der Waals surface area contributed by atoms with Crippen molar-refractivity contribution in [3.05, 3.63) is 59.6 Å². The van der Waals surface area contributed by atoms with Gasteiger partial charge in [0.05, 0.1) is 20.3 Å². The van der Waals surface area contributed by atoms with Crippen molar-refractivity contribution < 1.29 is 19.4 Å². The van der Waals surface area contributed by atoms with E-state index in [1.807, 2.05) is 30.3 Å². The summed E-state index contributed by atoms with van der Waals surface area (Å²) in [5.41, 5.74) is 2.93. The zero-order valence-corrected chi connectivity index (χ0v) is 18.2. The van der Waals surface area contributed by atoms with Crippen molar-refractivity contribution in [2.75, 3.05) is 45.2 Å². The number of carbonyl (C=O) groups is 2. The third-order valence-electron chi connectivity index (χ3n) is 5.31. The van der Waals surface area contributed by atoms with Crippen LogP contribution in [0.3, 0.4) is 0 Å². The molecule has 164 valence electrons. The predicted molar refractivity (Wildman–Crippen MR) is 121 cm³/mol. The van der Waals surface area contributed by atoms with Gasteiger partial charge in [-0.2, -0.15) is 0 Å². The second-order valence-electron chi connectivity index (χ2n) is 7.14. The minimum absolute atomic E-state index is 0.0736. The van der Waals surface area contributed by atoms with Crippen LogP contribution < -0.4 is 10.1 Å². The van der Waals surface area contributed by atoms with Crippen molar-refractivity contribution in [3.8, 4) is 16.9 Å². The van der Waals surface area contributed by atoms with Crippen LogP contribution in [0.5, 0.6) is 5.75 Å². The van der Waals surface area contributed by atoms with E-state index < -0.39 is 0 Å². The molecule has 2 N–H and O–H groups in total. The van der Waals surface area contributed by atoms with Gasteiger partial charge in [-0.15, -0.1) is 0 Å². The van der Waals surface area contributed by atoms with Gasteiger partial charge in [-0.25, -0.2) is 0 Å². The molecule has 0 bridgehead atoms. The predicted octanol–water partition coefficient (Wildman–Crippen LogP) is 2.78. The maximum absolute atomic E-state index is 12.6. The van der Waals surface area contributed by atoms with Crippen molar-refractivity contribution >= 4 is 29.1 Å². The number of hydrogen-bond donors (Lipinski definition) is 2. The fourth-order valence-electron chi connectivity index (χ4n) is 3.49. The van der Waals surface area contributed by atoms with Crippen LogP contribution >= 0.6 is 11.6 Å². The van der Waals surface area contributed by atoms with Gasteiger partial charge >= 0.3 is 0 Å². The number of halogens is 1. The number of nitrogens with zero attached hydrogens (tertiary/aromatic N) is 2. The fourth-order valence-corrected chi connectivity index (χ4v) is 3.78. The number of nitrogens with one attached hydrogen (secondary N) is 1. The highest BCUT2D eigenvalue weighted by Gasteiger charge is 2.23. The summed E-state index contributed by atoms with van der Waals surface area (Å²) >= 11 is 6.44. The summed E-state index contributed by atoms with van der Waals surface area (Å²) in [6.07, 6.45) is 1.29. The molecule has 1 saturated heterocycles. The summed E-state index contributed by atoms with van der Waals surface area (Å²) in [6.45, 7) is 5.29. The molecule has 31 heavy (non-hydrogen) atoms. The monoisotopic (exact) mass is 443 g/mol. The second kappa shape index (κ2) is 10.3. The van der Waals surface area contributed by atoms with Crippen molar-refractivity contribution in [1.82, 2.24) is 9.80 Å². The average molecular weight is 444 g/mol. The first kappa shape index (κ1) is 22.7. The normalized spacial score (nSPS) is 13.6. The molecular weight excluding hydrogens is 418 g/mol. The van der Waals surface area contributed by atoms with Crippen LogP contribution in [-0.2, 0) is 16.2 Å². The summed E-state index contributed by atoms with van der Waals surface area (Å²) in [5.74, 6) is 0.547. The fraction of sp³-hybridized carbons (Fsp3) is 0.304. The average Bonchev–Trinajstić information content (AvgIpc) is 2.82. The molecule has 3 rings (SSSR count). The third-order valence-corrected chi connectivity index (χ3v) is 5.63. The molecule has 2 amide bonds. The number of rotatable bonds is 7. The Morgan fingerprint density at radius 2 is 1.81 bits per heavy atom. The lowest BCUT2D eigenvalue weighted by Gasteiger charge is -2.34. The van der Waals surface area contributed by atoms with E-state index in [1.54, 1.807) is 23.0 Å². The number of methoxy groups -OCH3 is 1. The lowest BCUT2D eigenvalue weighted by atomic mass is 10.0. The van der Waals surface area contributed by atoms with Crippen molar-refractivity contribution in [3.63, 3.8) is 0 Å². The van der Waals surface area contributed by atoms with Crippen molar-refractivity contribution in [1.29, 1.82) is 0 Å². The molecule has 0 unspecified atom stereocenters. The molecule has 1 fully saturated rings. The number of amides is 2. The molecule has 2 aromatic rings. The van der Waals surface area contributed by atoms with Crippen LogP contribution in [0.25, 0.3) is 11.1 Å². The van der Waals surface area contributed by atoms with Crippen LogP contribution in [0.1, 0.15) is 5.56 Å². The van der Waals surface area contributed by atoms with E-state index in [1.165, 1.54) is 6.08 Å². The number of ether oxygens (including phenoxy) is 1. The summed E-state index contributed by atoms with van der Waals surface area (Å²) < 4.78 is 5.20. The molecule has 1 heterocycles. The Labute approximate surface area is 186 Å². The largest absolute Gasteiger partial charge is 0.497 e.